The quantitative estimate of drug-likeness (QED) is 0.666. The Balaban J connectivity index is 2.01. The third-order valence-electron chi connectivity index (χ3n) is 3.82. The van der Waals surface area contributed by atoms with Gasteiger partial charge in [0.1, 0.15) is 0 Å². The summed E-state index contributed by atoms with van der Waals surface area (Å²) in [5.41, 5.74) is 3.28. The number of Topliss-reactive ketones (excluding diaryl/α,β-unsaturated/α-hetero) is 1. The lowest BCUT2D eigenvalue weighted by atomic mass is 10.1. The van der Waals surface area contributed by atoms with E-state index < -0.39 is 18.0 Å². The Morgan fingerprint density at radius 2 is 1.64 bits per heavy atom. The number of amides is 1. The second kappa shape index (κ2) is 7.75. The van der Waals surface area contributed by atoms with Gasteiger partial charge in [0, 0.05) is 11.3 Å². The van der Waals surface area contributed by atoms with Gasteiger partial charge in [-0.3, -0.25) is 9.59 Å². The molecule has 0 aromatic heterocycles. The maximum atomic E-state index is 12.3. The van der Waals surface area contributed by atoms with E-state index in [1.807, 2.05) is 26.0 Å². The number of benzene rings is 2. The Kier molecular flexibility index (Phi) is 5.70. The van der Waals surface area contributed by atoms with Crippen molar-refractivity contribution in [2.75, 3.05) is 5.32 Å². The standard InChI is InChI=1S/C20H21NO4/c1-12-5-6-13(2)18(11-12)20(24)25-15(4)19(23)21-17-9-7-16(8-10-17)14(3)22/h5-11,15H,1-4H3,(H,21,23)/t15-/m0/s1. The lowest BCUT2D eigenvalue weighted by Gasteiger charge is -2.15. The Hall–Kier alpha value is -2.95. The SMILES string of the molecule is CC(=O)c1ccc(NC(=O)[C@H](C)OC(=O)c2cc(C)ccc2C)cc1. The Morgan fingerprint density at radius 3 is 2.24 bits per heavy atom. The van der Waals surface area contributed by atoms with E-state index in [-0.39, 0.29) is 5.78 Å². The zero-order valence-corrected chi connectivity index (χ0v) is 14.8. The lowest BCUT2D eigenvalue weighted by molar-refractivity contribution is -0.123. The van der Waals surface area contributed by atoms with Gasteiger partial charge < -0.3 is 10.1 Å². The molecule has 0 aliphatic heterocycles. The zero-order chi connectivity index (χ0) is 18.6. The summed E-state index contributed by atoms with van der Waals surface area (Å²) in [5.74, 6) is -1.02. The van der Waals surface area contributed by atoms with Crippen LogP contribution in [-0.4, -0.2) is 23.8 Å². The molecule has 2 aromatic rings. The van der Waals surface area contributed by atoms with Crippen molar-refractivity contribution in [2.45, 2.75) is 33.8 Å². The summed E-state index contributed by atoms with van der Waals surface area (Å²) in [6.07, 6.45) is -0.945. The number of rotatable bonds is 5. The van der Waals surface area contributed by atoms with Gasteiger partial charge in [-0.1, -0.05) is 17.7 Å². The average molecular weight is 339 g/mol. The molecular formula is C20H21NO4. The van der Waals surface area contributed by atoms with Gasteiger partial charge in [0.25, 0.3) is 5.91 Å². The molecule has 0 aliphatic rings. The van der Waals surface area contributed by atoms with Crippen LogP contribution >= 0.6 is 0 Å². The molecule has 0 saturated carbocycles. The molecule has 5 nitrogen and oxygen atoms in total. The number of hydrogen-bond acceptors (Lipinski definition) is 4. The van der Waals surface area contributed by atoms with Gasteiger partial charge in [0.05, 0.1) is 5.56 Å². The molecule has 25 heavy (non-hydrogen) atoms. The van der Waals surface area contributed by atoms with Gasteiger partial charge in [0.2, 0.25) is 0 Å². The first-order chi connectivity index (χ1) is 11.8. The van der Waals surface area contributed by atoms with Crippen molar-refractivity contribution in [1.82, 2.24) is 0 Å². The van der Waals surface area contributed by atoms with Crippen LogP contribution in [0.2, 0.25) is 0 Å². The highest BCUT2D eigenvalue weighted by atomic mass is 16.5. The normalized spacial score (nSPS) is 11.5. The van der Waals surface area contributed by atoms with Gasteiger partial charge in [-0.15, -0.1) is 0 Å². The first-order valence-corrected chi connectivity index (χ1v) is 7.98. The largest absolute Gasteiger partial charge is 0.449 e. The molecule has 1 N–H and O–H groups in total. The van der Waals surface area contributed by atoms with Gasteiger partial charge in [-0.2, -0.15) is 0 Å². The van der Waals surface area contributed by atoms with Crippen molar-refractivity contribution in [2.24, 2.45) is 0 Å². The highest BCUT2D eigenvalue weighted by molar-refractivity contribution is 5.98. The van der Waals surface area contributed by atoms with Crippen molar-refractivity contribution >= 4 is 23.3 Å². The number of anilines is 1. The number of carbonyl (C=O) groups is 3. The molecule has 0 aliphatic carbocycles. The van der Waals surface area contributed by atoms with E-state index in [0.717, 1.165) is 11.1 Å². The second-order valence-corrected chi connectivity index (χ2v) is 5.99. The summed E-state index contributed by atoms with van der Waals surface area (Å²) >= 11 is 0. The second-order valence-electron chi connectivity index (χ2n) is 5.99. The maximum absolute atomic E-state index is 12.3. The lowest BCUT2D eigenvalue weighted by Crippen LogP contribution is -2.30. The smallest absolute Gasteiger partial charge is 0.339 e. The Bertz CT molecular complexity index is 809. The minimum absolute atomic E-state index is 0.0475. The van der Waals surface area contributed by atoms with Crippen molar-refractivity contribution in [3.8, 4) is 0 Å². The van der Waals surface area contributed by atoms with Crippen molar-refractivity contribution in [3.63, 3.8) is 0 Å². The molecule has 0 spiro atoms. The van der Waals surface area contributed by atoms with Crippen LogP contribution in [0.15, 0.2) is 42.5 Å². The third kappa shape index (κ3) is 4.76. The molecule has 0 heterocycles. The predicted molar refractivity (Wildman–Crippen MR) is 95.9 cm³/mol. The van der Waals surface area contributed by atoms with E-state index in [4.69, 9.17) is 4.74 Å². The number of ether oxygens (including phenoxy) is 1. The molecule has 0 saturated heterocycles. The van der Waals surface area contributed by atoms with E-state index in [1.165, 1.54) is 13.8 Å². The van der Waals surface area contributed by atoms with Crippen LogP contribution < -0.4 is 5.32 Å². The predicted octanol–water partition coefficient (Wildman–Crippen LogP) is 3.69. The molecule has 130 valence electrons. The zero-order valence-electron chi connectivity index (χ0n) is 14.8. The number of nitrogens with one attached hydrogen (secondary N) is 1. The molecule has 0 fully saturated rings. The Morgan fingerprint density at radius 1 is 1.00 bits per heavy atom. The van der Waals surface area contributed by atoms with Crippen LogP contribution in [0.25, 0.3) is 0 Å². The van der Waals surface area contributed by atoms with Crippen molar-refractivity contribution < 1.29 is 19.1 Å². The van der Waals surface area contributed by atoms with Crippen LogP contribution in [-0.2, 0) is 9.53 Å². The maximum Gasteiger partial charge on any atom is 0.339 e. The van der Waals surface area contributed by atoms with Gasteiger partial charge >= 0.3 is 5.97 Å². The molecule has 2 aromatic carbocycles. The molecule has 1 atom stereocenters. The van der Waals surface area contributed by atoms with Gasteiger partial charge in [0.15, 0.2) is 11.9 Å². The van der Waals surface area contributed by atoms with E-state index in [9.17, 15) is 14.4 Å². The van der Waals surface area contributed by atoms with Crippen molar-refractivity contribution in [1.29, 1.82) is 0 Å². The molecule has 0 bridgehead atoms. The number of esters is 1. The number of ketones is 1. The molecular weight excluding hydrogens is 318 g/mol. The number of aryl methyl sites for hydroxylation is 2. The third-order valence-corrected chi connectivity index (χ3v) is 3.82. The first kappa shape index (κ1) is 18.4. The summed E-state index contributed by atoms with van der Waals surface area (Å²) in [4.78, 5) is 35.7. The summed E-state index contributed by atoms with van der Waals surface area (Å²) in [6, 6.07) is 12.0. The van der Waals surface area contributed by atoms with E-state index >= 15 is 0 Å². The van der Waals surface area contributed by atoms with Crippen LogP contribution in [0.3, 0.4) is 0 Å². The fraction of sp³-hybridized carbons (Fsp3) is 0.250. The van der Waals surface area contributed by atoms with E-state index in [0.29, 0.717) is 16.8 Å². The summed E-state index contributed by atoms with van der Waals surface area (Å²) in [5, 5.41) is 2.66. The summed E-state index contributed by atoms with van der Waals surface area (Å²) in [7, 11) is 0. The number of carbonyl (C=O) groups excluding carboxylic acids is 3. The first-order valence-electron chi connectivity index (χ1n) is 7.98. The Labute approximate surface area is 147 Å². The van der Waals surface area contributed by atoms with E-state index in [1.54, 1.807) is 30.3 Å². The van der Waals surface area contributed by atoms with Crippen LogP contribution in [0.1, 0.15) is 45.7 Å². The fourth-order valence-corrected chi connectivity index (χ4v) is 2.27. The fourth-order valence-electron chi connectivity index (χ4n) is 2.27. The minimum atomic E-state index is -0.945. The molecule has 0 unspecified atom stereocenters. The summed E-state index contributed by atoms with van der Waals surface area (Å²) in [6.45, 7) is 6.69. The topological polar surface area (TPSA) is 72.5 Å². The van der Waals surface area contributed by atoms with Gasteiger partial charge in [-0.25, -0.2) is 4.79 Å². The molecule has 5 heteroatoms. The van der Waals surface area contributed by atoms with Gasteiger partial charge in [-0.05, 0) is 63.6 Å². The molecule has 2 rings (SSSR count). The average Bonchev–Trinajstić information content (AvgIpc) is 2.57. The number of hydrogen-bond donors (Lipinski definition) is 1. The molecule has 1 amide bonds. The van der Waals surface area contributed by atoms with Crippen LogP contribution in [0.5, 0.6) is 0 Å². The minimum Gasteiger partial charge on any atom is -0.449 e. The van der Waals surface area contributed by atoms with Crippen LogP contribution in [0, 0.1) is 13.8 Å². The van der Waals surface area contributed by atoms with Crippen molar-refractivity contribution in [3.05, 3.63) is 64.7 Å². The van der Waals surface area contributed by atoms with E-state index in [2.05, 4.69) is 5.32 Å². The monoisotopic (exact) mass is 339 g/mol. The molecule has 0 radical (unpaired) electrons. The highest BCUT2D eigenvalue weighted by Gasteiger charge is 2.20. The summed E-state index contributed by atoms with van der Waals surface area (Å²) < 4.78 is 5.26. The van der Waals surface area contributed by atoms with Crippen LogP contribution in [0.4, 0.5) is 5.69 Å². The highest BCUT2D eigenvalue weighted by Crippen LogP contribution is 2.14.